The molecule has 1 aliphatic rings. The Labute approximate surface area is 107 Å². The molecular weight excluding hydrogens is 229 g/mol. The fourth-order valence-electron chi connectivity index (χ4n) is 2.20. The third-order valence-corrected chi connectivity index (χ3v) is 3.40. The Morgan fingerprint density at radius 1 is 1.22 bits per heavy atom. The van der Waals surface area contributed by atoms with E-state index < -0.39 is 0 Å². The molecular formula is C14H18FN3. The van der Waals surface area contributed by atoms with Crippen molar-refractivity contribution in [1.29, 1.82) is 5.26 Å². The van der Waals surface area contributed by atoms with Crippen LogP contribution < -0.4 is 0 Å². The molecule has 18 heavy (non-hydrogen) atoms. The standard InChI is InChI=1S/C14H18FN3/c1-12-2-3-13(10-14(12)15)11-18-8-6-17(5-4-16)7-9-18/h2-3,10H,5-9,11H2,1H3. The molecule has 0 aromatic heterocycles. The minimum Gasteiger partial charge on any atom is -0.297 e. The summed E-state index contributed by atoms with van der Waals surface area (Å²) in [6, 6.07) is 7.61. The van der Waals surface area contributed by atoms with Crippen LogP contribution in [0.1, 0.15) is 11.1 Å². The number of nitriles is 1. The zero-order valence-corrected chi connectivity index (χ0v) is 10.7. The van der Waals surface area contributed by atoms with Gasteiger partial charge in [-0.2, -0.15) is 5.26 Å². The molecule has 3 nitrogen and oxygen atoms in total. The first-order valence-electron chi connectivity index (χ1n) is 6.26. The van der Waals surface area contributed by atoms with E-state index in [9.17, 15) is 4.39 Å². The molecule has 0 N–H and O–H groups in total. The molecule has 0 saturated carbocycles. The molecule has 0 bridgehead atoms. The van der Waals surface area contributed by atoms with Gasteiger partial charge in [0.05, 0.1) is 12.6 Å². The summed E-state index contributed by atoms with van der Waals surface area (Å²) in [6.07, 6.45) is 0. The average molecular weight is 247 g/mol. The molecule has 4 heteroatoms. The molecule has 96 valence electrons. The van der Waals surface area contributed by atoms with Crippen molar-refractivity contribution < 1.29 is 4.39 Å². The van der Waals surface area contributed by atoms with Crippen LogP contribution in [0.2, 0.25) is 0 Å². The van der Waals surface area contributed by atoms with Crippen LogP contribution in [0.4, 0.5) is 4.39 Å². The lowest BCUT2D eigenvalue weighted by Gasteiger charge is -2.33. The quantitative estimate of drug-likeness (QED) is 0.763. The number of benzene rings is 1. The smallest absolute Gasteiger partial charge is 0.126 e. The zero-order valence-electron chi connectivity index (χ0n) is 10.7. The highest BCUT2D eigenvalue weighted by Gasteiger charge is 2.16. The van der Waals surface area contributed by atoms with Crippen molar-refractivity contribution in [3.05, 3.63) is 35.1 Å². The number of aryl methyl sites for hydroxylation is 1. The summed E-state index contributed by atoms with van der Waals surface area (Å²) < 4.78 is 13.4. The fraction of sp³-hybridized carbons (Fsp3) is 0.500. The van der Waals surface area contributed by atoms with Gasteiger partial charge < -0.3 is 0 Å². The van der Waals surface area contributed by atoms with Gasteiger partial charge in [-0.3, -0.25) is 9.80 Å². The topological polar surface area (TPSA) is 30.3 Å². The highest BCUT2D eigenvalue weighted by molar-refractivity contribution is 5.23. The molecule has 1 saturated heterocycles. The van der Waals surface area contributed by atoms with E-state index in [0.717, 1.165) is 38.3 Å². The summed E-state index contributed by atoms with van der Waals surface area (Å²) in [5, 5.41) is 8.63. The Morgan fingerprint density at radius 2 is 1.89 bits per heavy atom. The summed E-state index contributed by atoms with van der Waals surface area (Å²) in [5.74, 6) is -0.129. The lowest BCUT2D eigenvalue weighted by molar-refractivity contribution is 0.138. The lowest BCUT2D eigenvalue weighted by Crippen LogP contribution is -2.45. The molecule has 1 fully saturated rings. The molecule has 0 radical (unpaired) electrons. The van der Waals surface area contributed by atoms with Crippen molar-refractivity contribution in [2.45, 2.75) is 13.5 Å². The molecule has 0 unspecified atom stereocenters. The first kappa shape index (κ1) is 13.0. The van der Waals surface area contributed by atoms with Gasteiger partial charge >= 0.3 is 0 Å². The van der Waals surface area contributed by atoms with Crippen LogP contribution in [0.25, 0.3) is 0 Å². The van der Waals surface area contributed by atoms with Gasteiger partial charge in [0.15, 0.2) is 0 Å². The van der Waals surface area contributed by atoms with Gasteiger partial charge in [-0.1, -0.05) is 12.1 Å². The second-order valence-electron chi connectivity index (χ2n) is 4.79. The number of piperazine rings is 1. The van der Waals surface area contributed by atoms with Crippen molar-refractivity contribution in [3.8, 4) is 6.07 Å². The van der Waals surface area contributed by atoms with Gasteiger partial charge in [0, 0.05) is 32.7 Å². The Bertz CT molecular complexity index is 445. The molecule has 1 heterocycles. The van der Waals surface area contributed by atoms with Gasteiger partial charge in [0.25, 0.3) is 0 Å². The second-order valence-corrected chi connectivity index (χ2v) is 4.79. The normalized spacial score (nSPS) is 17.6. The second kappa shape index (κ2) is 5.94. The Hall–Kier alpha value is -1.44. The third-order valence-electron chi connectivity index (χ3n) is 3.40. The first-order valence-corrected chi connectivity index (χ1v) is 6.26. The third kappa shape index (κ3) is 3.28. The molecule has 2 rings (SSSR count). The summed E-state index contributed by atoms with van der Waals surface area (Å²) >= 11 is 0. The van der Waals surface area contributed by atoms with Crippen molar-refractivity contribution in [1.82, 2.24) is 9.80 Å². The summed E-state index contributed by atoms with van der Waals surface area (Å²) in [4.78, 5) is 4.45. The number of hydrogen-bond acceptors (Lipinski definition) is 3. The van der Waals surface area contributed by atoms with E-state index in [1.54, 1.807) is 13.0 Å². The van der Waals surface area contributed by atoms with E-state index in [2.05, 4.69) is 15.9 Å². The van der Waals surface area contributed by atoms with Gasteiger partial charge in [0.2, 0.25) is 0 Å². The van der Waals surface area contributed by atoms with Crippen molar-refractivity contribution in [2.75, 3.05) is 32.7 Å². The largest absolute Gasteiger partial charge is 0.297 e. The number of rotatable bonds is 3. The van der Waals surface area contributed by atoms with E-state index in [4.69, 9.17) is 5.26 Å². The molecule has 1 aromatic rings. The minimum atomic E-state index is -0.129. The maximum Gasteiger partial charge on any atom is 0.126 e. The van der Waals surface area contributed by atoms with Crippen LogP contribution in [0.5, 0.6) is 0 Å². The predicted molar refractivity (Wildman–Crippen MR) is 68.5 cm³/mol. The maximum atomic E-state index is 13.4. The van der Waals surface area contributed by atoms with Crippen LogP contribution in [0, 0.1) is 24.1 Å². The Morgan fingerprint density at radius 3 is 2.50 bits per heavy atom. The SMILES string of the molecule is Cc1ccc(CN2CCN(CC#N)CC2)cc1F. The van der Waals surface area contributed by atoms with E-state index in [-0.39, 0.29) is 5.82 Å². The van der Waals surface area contributed by atoms with Crippen LogP contribution in [-0.2, 0) is 6.54 Å². The molecule has 1 aliphatic heterocycles. The van der Waals surface area contributed by atoms with Crippen molar-refractivity contribution in [2.24, 2.45) is 0 Å². The van der Waals surface area contributed by atoms with Gasteiger partial charge in [-0.15, -0.1) is 0 Å². The number of halogens is 1. The van der Waals surface area contributed by atoms with Crippen LogP contribution in [0.15, 0.2) is 18.2 Å². The Balaban J connectivity index is 1.88. The lowest BCUT2D eigenvalue weighted by atomic mass is 10.1. The summed E-state index contributed by atoms with van der Waals surface area (Å²) in [5.41, 5.74) is 1.71. The van der Waals surface area contributed by atoms with Crippen LogP contribution in [-0.4, -0.2) is 42.5 Å². The van der Waals surface area contributed by atoms with Crippen LogP contribution in [0.3, 0.4) is 0 Å². The molecule has 0 amide bonds. The highest BCUT2D eigenvalue weighted by atomic mass is 19.1. The highest BCUT2D eigenvalue weighted by Crippen LogP contribution is 2.12. The van der Waals surface area contributed by atoms with Crippen molar-refractivity contribution in [3.63, 3.8) is 0 Å². The number of hydrogen-bond donors (Lipinski definition) is 0. The van der Waals surface area contributed by atoms with E-state index in [0.29, 0.717) is 12.1 Å². The van der Waals surface area contributed by atoms with Gasteiger partial charge in [0.1, 0.15) is 5.82 Å². The summed E-state index contributed by atoms with van der Waals surface area (Å²) in [7, 11) is 0. The van der Waals surface area contributed by atoms with Crippen molar-refractivity contribution >= 4 is 0 Å². The van der Waals surface area contributed by atoms with Gasteiger partial charge in [-0.05, 0) is 24.1 Å². The summed E-state index contributed by atoms with van der Waals surface area (Å²) in [6.45, 7) is 6.79. The van der Waals surface area contributed by atoms with E-state index in [1.807, 2.05) is 12.1 Å². The Kier molecular flexibility index (Phi) is 4.29. The van der Waals surface area contributed by atoms with Gasteiger partial charge in [-0.25, -0.2) is 4.39 Å². The number of nitrogens with zero attached hydrogens (tertiary/aromatic N) is 3. The zero-order chi connectivity index (χ0) is 13.0. The monoisotopic (exact) mass is 247 g/mol. The van der Waals surface area contributed by atoms with E-state index >= 15 is 0 Å². The molecule has 0 spiro atoms. The average Bonchev–Trinajstić information content (AvgIpc) is 2.37. The molecule has 0 atom stereocenters. The van der Waals surface area contributed by atoms with E-state index in [1.165, 1.54) is 0 Å². The maximum absolute atomic E-state index is 13.4. The molecule has 0 aliphatic carbocycles. The molecule has 1 aromatic carbocycles. The fourth-order valence-corrected chi connectivity index (χ4v) is 2.20. The predicted octanol–water partition coefficient (Wildman–Crippen LogP) is 1.78. The minimum absolute atomic E-state index is 0.129. The van der Waals surface area contributed by atoms with Crippen LogP contribution >= 0.6 is 0 Å². The first-order chi connectivity index (χ1) is 8.69.